The van der Waals surface area contributed by atoms with Crippen molar-refractivity contribution in [2.75, 3.05) is 45.9 Å². The molecule has 126 valence electrons. The molecule has 0 aromatic heterocycles. The molecule has 0 bridgehead atoms. The van der Waals surface area contributed by atoms with Gasteiger partial charge in [0.05, 0.1) is 0 Å². The third kappa shape index (κ3) is 3.59. The van der Waals surface area contributed by atoms with Crippen molar-refractivity contribution in [1.82, 2.24) is 9.80 Å². The molecule has 2 aliphatic rings. The lowest BCUT2D eigenvalue weighted by Crippen LogP contribution is -2.49. The Morgan fingerprint density at radius 1 is 1.17 bits per heavy atom. The Kier molecular flexibility index (Phi) is 5.03. The number of carbonyl (C=O) groups is 1. The van der Waals surface area contributed by atoms with E-state index in [4.69, 9.17) is 9.47 Å². The number of rotatable bonds is 5. The van der Waals surface area contributed by atoms with Gasteiger partial charge in [-0.25, -0.2) is 0 Å². The summed E-state index contributed by atoms with van der Waals surface area (Å²) in [6.07, 6.45) is 1.13. The molecule has 3 rings (SSSR count). The van der Waals surface area contributed by atoms with Crippen LogP contribution in [-0.4, -0.2) is 66.8 Å². The van der Waals surface area contributed by atoms with Gasteiger partial charge in [0.25, 0.3) is 0 Å². The molecule has 0 spiro atoms. The summed E-state index contributed by atoms with van der Waals surface area (Å²) in [4.78, 5) is 16.3. The van der Waals surface area contributed by atoms with Crippen LogP contribution in [0.5, 0.6) is 11.5 Å². The molecular formula is C17H24N2O4. The summed E-state index contributed by atoms with van der Waals surface area (Å²) in [6, 6.07) is 4.83. The molecule has 0 aliphatic carbocycles. The van der Waals surface area contributed by atoms with Gasteiger partial charge in [0.2, 0.25) is 0 Å². The lowest BCUT2D eigenvalue weighted by Gasteiger charge is -2.37. The summed E-state index contributed by atoms with van der Waals surface area (Å²) in [5, 5.41) is 9.72. The zero-order valence-corrected chi connectivity index (χ0v) is 13.5. The molecule has 23 heavy (non-hydrogen) atoms. The quantitative estimate of drug-likeness (QED) is 0.889. The Balaban J connectivity index is 1.76. The number of nitrogens with zero attached hydrogens (tertiary/aromatic N) is 2. The van der Waals surface area contributed by atoms with Crippen molar-refractivity contribution in [3.05, 3.63) is 23.8 Å². The van der Waals surface area contributed by atoms with Crippen LogP contribution in [0.25, 0.3) is 0 Å². The molecule has 2 aliphatic heterocycles. The minimum absolute atomic E-state index is 0.504. The first-order valence-corrected chi connectivity index (χ1v) is 8.28. The van der Waals surface area contributed by atoms with E-state index in [0.717, 1.165) is 44.7 Å². The van der Waals surface area contributed by atoms with Crippen LogP contribution in [0.15, 0.2) is 18.2 Å². The van der Waals surface area contributed by atoms with E-state index in [1.807, 2.05) is 23.1 Å². The van der Waals surface area contributed by atoms with Gasteiger partial charge in [-0.3, -0.25) is 9.69 Å². The van der Waals surface area contributed by atoms with E-state index >= 15 is 0 Å². The van der Waals surface area contributed by atoms with Gasteiger partial charge in [0.15, 0.2) is 11.5 Å². The Morgan fingerprint density at radius 2 is 1.87 bits per heavy atom. The predicted octanol–water partition coefficient (Wildman–Crippen LogP) is 1.61. The highest BCUT2D eigenvalue weighted by Crippen LogP contribution is 2.34. The van der Waals surface area contributed by atoms with E-state index < -0.39 is 12.0 Å². The Labute approximate surface area is 136 Å². The number of carboxylic acids is 1. The molecular weight excluding hydrogens is 296 g/mol. The van der Waals surface area contributed by atoms with E-state index in [9.17, 15) is 9.90 Å². The summed E-state index contributed by atoms with van der Waals surface area (Å²) in [7, 11) is 0. The van der Waals surface area contributed by atoms with Gasteiger partial charge >= 0.3 is 5.97 Å². The fraction of sp³-hybridized carbons (Fsp3) is 0.588. The average Bonchev–Trinajstić information content (AvgIpc) is 2.56. The molecule has 6 heteroatoms. The summed E-state index contributed by atoms with van der Waals surface area (Å²) < 4.78 is 11.1. The number of fused-ring (bicyclic) bond motifs is 1. The van der Waals surface area contributed by atoms with Crippen LogP contribution in [0.3, 0.4) is 0 Å². The van der Waals surface area contributed by atoms with Crippen LogP contribution in [0.4, 0.5) is 0 Å². The third-order valence-electron chi connectivity index (χ3n) is 4.43. The highest BCUT2D eigenvalue weighted by molar-refractivity contribution is 5.76. The number of hydrogen-bond donors (Lipinski definition) is 1. The lowest BCUT2D eigenvalue weighted by atomic mass is 10.0. The Bertz CT molecular complexity index is 556. The second-order valence-corrected chi connectivity index (χ2v) is 6.02. The van der Waals surface area contributed by atoms with E-state index in [2.05, 4.69) is 11.8 Å². The summed E-state index contributed by atoms with van der Waals surface area (Å²) in [5.41, 5.74) is 0.755. The number of carboxylic acid groups (broad SMARTS) is 1. The largest absolute Gasteiger partial charge is 0.486 e. The van der Waals surface area contributed by atoms with Crippen molar-refractivity contribution < 1.29 is 19.4 Å². The maximum absolute atomic E-state index is 11.8. The molecule has 0 radical (unpaired) electrons. The number of aliphatic carboxylic acids is 1. The van der Waals surface area contributed by atoms with Crippen molar-refractivity contribution >= 4 is 5.97 Å². The molecule has 0 saturated carbocycles. The van der Waals surface area contributed by atoms with Crippen molar-refractivity contribution in [1.29, 1.82) is 0 Å². The van der Waals surface area contributed by atoms with E-state index in [0.29, 0.717) is 24.7 Å². The van der Waals surface area contributed by atoms with Crippen LogP contribution >= 0.6 is 0 Å². The second-order valence-electron chi connectivity index (χ2n) is 6.02. The monoisotopic (exact) mass is 320 g/mol. The van der Waals surface area contributed by atoms with Gasteiger partial charge in [-0.2, -0.15) is 0 Å². The molecule has 1 fully saturated rings. The van der Waals surface area contributed by atoms with Crippen molar-refractivity contribution in [2.24, 2.45) is 0 Å². The minimum atomic E-state index is -0.814. The maximum Gasteiger partial charge on any atom is 0.325 e. The highest BCUT2D eigenvalue weighted by Gasteiger charge is 2.31. The van der Waals surface area contributed by atoms with Gasteiger partial charge in [-0.15, -0.1) is 0 Å². The zero-order chi connectivity index (χ0) is 16.2. The first kappa shape index (κ1) is 16.1. The highest BCUT2D eigenvalue weighted by atomic mass is 16.6. The normalized spacial score (nSPS) is 20.2. The van der Waals surface area contributed by atoms with E-state index in [1.54, 1.807) is 0 Å². The Hall–Kier alpha value is -1.79. The first-order chi connectivity index (χ1) is 11.2. The zero-order valence-electron chi connectivity index (χ0n) is 13.5. The number of piperazine rings is 1. The van der Waals surface area contributed by atoms with Crippen LogP contribution in [0.2, 0.25) is 0 Å². The van der Waals surface area contributed by atoms with Crippen LogP contribution < -0.4 is 9.47 Å². The molecule has 0 amide bonds. The van der Waals surface area contributed by atoms with Crippen LogP contribution in [-0.2, 0) is 4.79 Å². The van der Waals surface area contributed by atoms with Crippen molar-refractivity contribution in [3.63, 3.8) is 0 Å². The van der Waals surface area contributed by atoms with Gasteiger partial charge in [-0.1, -0.05) is 13.0 Å². The fourth-order valence-corrected chi connectivity index (χ4v) is 3.30. The fourth-order valence-electron chi connectivity index (χ4n) is 3.30. The summed E-state index contributed by atoms with van der Waals surface area (Å²) in [5.74, 6) is 0.521. The smallest absolute Gasteiger partial charge is 0.325 e. The van der Waals surface area contributed by atoms with Crippen molar-refractivity contribution in [2.45, 2.75) is 19.4 Å². The number of ether oxygens (including phenoxy) is 2. The molecule has 1 aromatic carbocycles. The molecule has 1 unspecified atom stereocenters. The summed E-state index contributed by atoms with van der Waals surface area (Å²) in [6.45, 7) is 7.66. The van der Waals surface area contributed by atoms with Gasteiger partial charge < -0.3 is 19.5 Å². The minimum Gasteiger partial charge on any atom is -0.486 e. The van der Waals surface area contributed by atoms with Crippen molar-refractivity contribution in [3.8, 4) is 11.5 Å². The number of benzene rings is 1. The standard InChI is InChI=1S/C17H24N2O4/c1-2-5-18-6-8-19(9-7-18)16(17(20)21)13-3-4-14-15(12-13)23-11-10-22-14/h3-4,12,16H,2,5-11H2,1H3,(H,20,21). The molecule has 1 saturated heterocycles. The predicted molar refractivity (Wildman–Crippen MR) is 86.1 cm³/mol. The van der Waals surface area contributed by atoms with Crippen LogP contribution in [0, 0.1) is 0 Å². The Morgan fingerprint density at radius 3 is 2.52 bits per heavy atom. The molecule has 1 aromatic rings. The topological polar surface area (TPSA) is 62.2 Å². The van der Waals surface area contributed by atoms with Gasteiger partial charge in [0.1, 0.15) is 19.3 Å². The summed E-state index contributed by atoms with van der Waals surface area (Å²) >= 11 is 0. The lowest BCUT2D eigenvalue weighted by molar-refractivity contribution is -0.144. The van der Waals surface area contributed by atoms with Gasteiger partial charge in [-0.05, 0) is 30.7 Å². The molecule has 6 nitrogen and oxygen atoms in total. The van der Waals surface area contributed by atoms with E-state index in [-0.39, 0.29) is 0 Å². The third-order valence-corrected chi connectivity index (χ3v) is 4.43. The first-order valence-electron chi connectivity index (χ1n) is 8.28. The van der Waals surface area contributed by atoms with Crippen LogP contribution in [0.1, 0.15) is 24.9 Å². The second kappa shape index (κ2) is 7.19. The molecule has 1 N–H and O–H groups in total. The molecule has 1 atom stereocenters. The molecule has 2 heterocycles. The maximum atomic E-state index is 11.8. The van der Waals surface area contributed by atoms with Gasteiger partial charge in [0, 0.05) is 26.2 Å². The average molecular weight is 320 g/mol. The van der Waals surface area contributed by atoms with E-state index in [1.165, 1.54) is 0 Å². The SMILES string of the molecule is CCCN1CCN(C(C(=O)O)c2ccc3c(c2)OCCO3)CC1. The number of hydrogen-bond acceptors (Lipinski definition) is 5.